The van der Waals surface area contributed by atoms with Gasteiger partial charge in [-0.1, -0.05) is 0 Å². The summed E-state index contributed by atoms with van der Waals surface area (Å²) < 4.78 is 0. The van der Waals surface area contributed by atoms with Crippen molar-refractivity contribution in [3.63, 3.8) is 0 Å². The summed E-state index contributed by atoms with van der Waals surface area (Å²) in [6, 6.07) is 0.557. The highest BCUT2D eigenvalue weighted by atomic mass is 15.3. The summed E-state index contributed by atoms with van der Waals surface area (Å²) in [5.74, 6) is 0.897. The summed E-state index contributed by atoms with van der Waals surface area (Å²) in [5.41, 5.74) is 2.39. The molecule has 4 heteroatoms. The fraction of sp³-hybridized carbons (Fsp3) is 0.750. The lowest BCUT2D eigenvalue weighted by Crippen LogP contribution is -2.39. The van der Waals surface area contributed by atoms with Crippen molar-refractivity contribution in [1.29, 1.82) is 0 Å². The van der Waals surface area contributed by atoms with Crippen LogP contribution in [0.3, 0.4) is 0 Å². The van der Waals surface area contributed by atoms with Crippen LogP contribution in [0.25, 0.3) is 0 Å². The van der Waals surface area contributed by atoms with E-state index in [1.807, 2.05) is 6.20 Å². The molecule has 0 aliphatic carbocycles. The topological polar surface area (TPSA) is 41.1 Å². The minimum atomic E-state index is 0.118. The summed E-state index contributed by atoms with van der Waals surface area (Å²) in [6.07, 6.45) is 5.80. The van der Waals surface area contributed by atoms with Gasteiger partial charge in [0.25, 0.3) is 0 Å². The van der Waals surface area contributed by atoms with Gasteiger partial charge in [-0.2, -0.15) is 0 Å². The maximum absolute atomic E-state index is 4.72. The van der Waals surface area contributed by atoms with E-state index < -0.39 is 0 Å². The molecule has 2 rings (SSSR count). The number of anilines is 1. The van der Waals surface area contributed by atoms with Crippen molar-refractivity contribution in [3.05, 3.63) is 17.5 Å². The van der Waals surface area contributed by atoms with E-state index in [1.165, 1.54) is 24.8 Å². The zero-order valence-corrected chi connectivity index (χ0v) is 13.5. The minimum Gasteiger partial charge on any atom is -0.338 e. The number of nitrogens with zero attached hydrogens (tertiary/aromatic N) is 3. The van der Waals surface area contributed by atoms with Gasteiger partial charge >= 0.3 is 0 Å². The number of aromatic nitrogens is 2. The van der Waals surface area contributed by atoms with E-state index in [2.05, 4.69) is 49.8 Å². The molecule has 0 aromatic carbocycles. The summed E-state index contributed by atoms with van der Waals surface area (Å²) in [4.78, 5) is 11.7. The Morgan fingerprint density at radius 1 is 1.35 bits per heavy atom. The van der Waals surface area contributed by atoms with Crippen LogP contribution in [0.2, 0.25) is 0 Å². The molecule has 1 aliphatic rings. The zero-order chi connectivity index (χ0) is 14.8. The number of rotatable bonds is 3. The molecule has 112 valence electrons. The lowest BCUT2D eigenvalue weighted by molar-refractivity contribution is 0.422. The van der Waals surface area contributed by atoms with Crippen LogP contribution in [0, 0.1) is 6.92 Å². The van der Waals surface area contributed by atoms with Crippen LogP contribution in [0.15, 0.2) is 6.20 Å². The quantitative estimate of drug-likeness (QED) is 0.921. The molecule has 4 nitrogen and oxygen atoms in total. The first kappa shape index (κ1) is 15.2. The van der Waals surface area contributed by atoms with Gasteiger partial charge in [0.15, 0.2) is 0 Å². The summed E-state index contributed by atoms with van der Waals surface area (Å²) in [7, 11) is 0. The maximum Gasteiger partial charge on any atom is 0.225 e. The van der Waals surface area contributed by atoms with E-state index in [0.717, 1.165) is 24.7 Å². The third-order valence-electron chi connectivity index (χ3n) is 3.94. The van der Waals surface area contributed by atoms with E-state index in [0.29, 0.717) is 6.04 Å². The largest absolute Gasteiger partial charge is 0.338 e. The average molecular weight is 276 g/mol. The summed E-state index contributed by atoms with van der Waals surface area (Å²) in [6.45, 7) is 12.8. The zero-order valence-electron chi connectivity index (χ0n) is 13.5. The van der Waals surface area contributed by atoms with E-state index in [-0.39, 0.29) is 5.54 Å². The molecule has 0 radical (unpaired) electrons. The van der Waals surface area contributed by atoms with Gasteiger partial charge in [0, 0.05) is 42.1 Å². The number of piperidine rings is 1. The second-order valence-corrected chi connectivity index (χ2v) is 6.92. The molecule has 1 aromatic heterocycles. The van der Waals surface area contributed by atoms with Crippen molar-refractivity contribution in [2.75, 3.05) is 11.4 Å². The van der Waals surface area contributed by atoms with Crippen molar-refractivity contribution in [2.24, 2.45) is 0 Å². The fourth-order valence-corrected chi connectivity index (χ4v) is 2.55. The van der Waals surface area contributed by atoms with Gasteiger partial charge in [-0.05, 0) is 53.9 Å². The van der Waals surface area contributed by atoms with Crippen LogP contribution in [0.1, 0.15) is 58.2 Å². The maximum atomic E-state index is 4.72. The Labute approximate surface area is 123 Å². The van der Waals surface area contributed by atoms with E-state index in [1.54, 1.807) is 0 Å². The van der Waals surface area contributed by atoms with E-state index >= 15 is 0 Å². The third kappa shape index (κ3) is 3.92. The van der Waals surface area contributed by atoms with Gasteiger partial charge in [-0.3, -0.25) is 0 Å². The molecule has 0 spiro atoms. The first-order chi connectivity index (χ1) is 9.37. The van der Waals surface area contributed by atoms with E-state index in [4.69, 9.17) is 4.98 Å². The van der Waals surface area contributed by atoms with E-state index in [9.17, 15) is 0 Å². The van der Waals surface area contributed by atoms with Gasteiger partial charge in [0.05, 0.1) is 0 Å². The average Bonchev–Trinajstić information content (AvgIpc) is 2.37. The summed E-state index contributed by atoms with van der Waals surface area (Å²) >= 11 is 0. The van der Waals surface area contributed by atoms with Crippen molar-refractivity contribution >= 4 is 5.95 Å². The molecular formula is C16H28N4. The van der Waals surface area contributed by atoms with Crippen molar-refractivity contribution in [1.82, 2.24) is 15.3 Å². The highest BCUT2D eigenvalue weighted by Crippen LogP contribution is 2.22. The third-order valence-corrected chi connectivity index (χ3v) is 3.94. The molecular weight excluding hydrogens is 248 g/mol. The van der Waals surface area contributed by atoms with Crippen LogP contribution in [-0.2, 0) is 6.54 Å². The molecule has 0 bridgehead atoms. The Bertz CT molecular complexity index is 450. The second kappa shape index (κ2) is 6.08. The smallest absolute Gasteiger partial charge is 0.225 e. The molecule has 1 fully saturated rings. The van der Waals surface area contributed by atoms with Crippen LogP contribution < -0.4 is 10.2 Å². The molecule has 1 atom stereocenters. The molecule has 20 heavy (non-hydrogen) atoms. The Kier molecular flexibility index (Phi) is 4.63. The lowest BCUT2D eigenvalue weighted by atomic mass is 10.0. The van der Waals surface area contributed by atoms with Gasteiger partial charge in [0.2, 0.25) is 5.95 Å². The number of nitrogens with one attached hydrogen (secondary N) is 1. The summed E-state index contributed by atoms with van der Waals surface area (Å²) in [5, 5.41) is 3.49. The van der Waals surface area contributed by atoms with Crippen molar-refractivity contribution in [2.45, 2.75) is 72.0 Å². The Morgan fingerprint density at radius 2 is 2.10 bits per heavy atom. The Hall–Kier alpha value is -1.16. The molecule has 1 aromatic rings. The molecule has 2 heterocycles. The predicted octanol–water partition coefficient (Wildman–Crippen LogP) is 3.05. The molecule has 0 amide bonds. The highest BCUT2D eigenvalue weighted by Gasteiger charge is 2.21. The van der Waals surface area contributed by atoms with Gasteiger partial charge < -0.3 is 10.2 Å². The van der Waals surface area contributed by atoms with Gasteiger partial charge in [0.1, 0.15) is 0 Å². The van der Waals surface area contributed by atoms with Crippen LogP contribution in [-0.4, -0.2) is 28.1 Å². The van der Waals surface area contributed by atoms with Crippen LogP contribution in [0.4, 0.5) is 5.95 Å². The van der Waals surface area contributed by atoms with Crippen LogP contribution >= 0.6 is 0 Å². The predicted molar refractivity (Wildman–Crippen MR) is 84.0 cm³/mol. The normalized spacial score (nSPS) is 20.2. The lowest BCUT2D eigenvalue weighted by Gasteiger charge is -2.33. The van der Waals surface area contributed by atoms with Crippen molar-refractivity contribution < 1.29 is 0 Å². The number of aryl methyl sites for hydroxylation is 1. The minimum absolute atomic E-state index is 0.118. The van der Waals surface area contributed by atoms with Crippen molar-refractivity contribution in [3.8, 4) is 0 Å². The highest BCUT2D eigenvalue weighted by molar-refractivity contribution is 5.34. The fourth-order valence-electron chi connectivity index (χ4n) is 2.55. The van der Waals surface area contributed by atoms with Crippen LogP contribution in [0.5, 0.6) is 0 Å². The SMILES string of the molecule is Cc1nc(N2CCCCC2C)ncc1CNC(C)(C)C. The molecule has 0 saturated carbocycles. The molecule has 1 unspecified atom stereocenters. The first-order valence-electron chi connectivity index (χ1n) is 7.71. The molecule has 1 aliphatic heterocycles. The Balaban J connectivity index is 2.09. The number of hydrogen-bond donors (Lipinski definition) is 1. The standard InChI is InChI=1S/C16H28N4/c1-12-8-6-7-9-20(12)15-17-10-14(13(2)19-15)11-18-16(3,4)5/h10,12,18H,6-9,11H2,1-5H3. The molecule has 1 N–H and O–H groups in total. The Morgan fingerprint density at radius 3 is 2.70 bits per heavy atom. The second-order valence-electron chi connectivity index (χ2n) is 6.92. The monoisotopic (exact) mass is 276 g/mol. The van der Waals surface area contributed by atoms with Gasteiger partial charge in [-0.25, -0.2) is 9.97 Å². The first-order valence-corrected chi connectivity index (χ1v) is 7.71. The van der Waals surface area contributed by atoms with Gasteiger partial charge in [-0.15, -0.1) is 0 Å². The number of hydrogen-bond acceptors (Lipinski definition) is 4. The molecule has 1 saturated heterocycles.